The quantitative estimate of drug-likeness (QED) is 0.698. The number of carbonyl (C=O) groups excluding carboxylic acids is 1. The number of para-hydroxylation sites is 1. The Morgan fingerprint density at radius 2 is 1.79 bits per heavy atom. The van der Waals surface area contributed by atoms with E-state index in [1.165, 1.54) is 0 Å². The number of likely N-dealkylation sites (tertiary alicyclic amines) is 1. The number of hydrogen-bond acceptors (Lipinski definition) is 4. The smallest absolute Gasteiger partial charge is 0.257 e. The van der Waals surface area contributed by atoms with E-state index in [0.29, 0.717) is 24.5 Å². The van der Waals surface area contributed by atoms with Crippen molar-refractivity contribution in [1.29, 1.82) is 0 Å². The molecule has 3 heterocycles. The average Bonchev–Trinajstić information content (AvgIpc) is 3.10. The minimum atomic E-state index is 0.0341. The van der Waals surface area contributed by atoms with E-state index in [-0.39, 0.29) is 12.0 Å². The van der Waals surface area contributed by atoms with Crippen LogP contribution in [-0.2, 0) is 0 Å². The minimum Gasteiger partial charge on any atom is -0.474 e. The standard InChI is InChI=1S/C22H24N4O2/c1-16-7-6-10-21(24-16)28-19-11-13-25(14-12-19)22(27)20-15-23-26(17(20)2)18-8-4-3-5-9-18/h3-10,15,19H,11-14H2,1-2H3. The van der Waals surface area contributed by atoms with Crippen molar-refractivity contribution in [2.24, 2.45) is 0 Å². The molecule has 0 saturated carbocycles. The third-order valence-electron chi connectivity index (χ3n) is 5.12. The molecule has 1 aliphatic heterocycles. The molecule has 3 aromatic rings. The molecule has 144 valence electrons. The highest BCUT2D eigenvalue weighted by Crippen LogP contribution is 2.21. The number of nitrogens with zero attached hydrogens (tertiary/aromatic N) is 4. The Balaban J connectivity index is 1.40. The van der Waals surface area contributed by atoms with Crippen molar-refractivity contribution in [3.8, 4) is 11.6 Å². The van der Waals surface area contributed by atoms with Gasteiger partial charge in [0.1, 0.15) is 6.10 Å². The van der Waals surface area contributed by atoms with E-state index < -0.39 is 0 Å². The number of pyridine rings is 1. The summed E-state index contributed by atoms with van der Waals surface area (Å²) in [5, 5.41) is 4.42. The third-order valence-corrected chi connectivity index (χ3v) is 5.12. The normalized spacial score (nSPS) is 14.9. The first-order valence-electron chi connectivity index (χ1n) is 9.61. The second-order valence-corrected chi connectivity index (χ2v) is 7.12. The molecule has 0 atom stereocenters. The highest BCUT2D eigenvalue weighted by Gasteiger charge is 2.27. The van der Waals surface area contributed by atoms with Gasteiger partial charge in [-0.15, -0.1) is 0 Å². The molecular formula is C22H24N4O2. The highest BCUT2D eigenvalue weighted by atomic mass is 16.5. The highest BCUT2D eigenvalue weighted by molar-refractivity contribution is 5.95. The van der Waals surface area contributed by atoms with Crippen LogP contribution in [0.15, 0.2) is 54.7 Å². The summed E-state index contributed by atoms with van der Waals surface area (Å²) in [5.74, 6) is 0.691. The van der Waals surface area contributed by atoms with Crippen LogP contribution in [-0.4, -0.2) is 44.8 Å². The van der Waals surface area contributed by atoms with Crippen LogP contribution in [0.5, 0.6) is 5.88 Å². The Hall–Kier alpha value is -3.15. The van der Waals surface area contributed by atoms with Crippen molar-refractivity contribution in [3.05, 3.63) is 71.7 Å². The third kappa shape index (κ3) is 3.76. The Bertz CT molecular complexity index is 960. The van der Waals surface area contributed by atoms with Crippen molar-refractivity contribution in [3.63, 3.8) is 0 Å². The Morgan fingerprint density at radius 3 is 2.50 bits per heavy atom. The molecular weight excluding hydrogens is 352 g/mol. The van der Waals surface area contributed by atoms with Gasteiger partial charge in [-0.05, 0) is 32.0 Å². The second-order valence-electron chi connectivity index (χ2n) is 7.12. The SMILES string of the molecule is Cc1cccc(OC2CCN(C(=O)c3cnn(-c4ccccc4)c3C)CC2)n1. The zero-order chi connectivity index (χ0) is 19.5. The van der Waals surface area contributed by atoms with Gasteiger partial charge in [0, 0.05) is 37.7 Å². The van der Waals surface area contributed by atoms with Crippen LogP contribution < -0.4 is 4.74 Å². The Morgan fingerprint density at radius 1 is 1.04 bits per heavy atom. The second kappa shape index (κ2) is 7.84. The molecule has 0 bridgehead atoms. The van der Waals surface area contributed by atoms with Gasteiger partial charge in [0.15, 0.2) is 0 Å². The van der Waals surface area contributed by atoms with E-state index in [0.717, 1.165) is 29.9 Å². The van der Waals surface area contributed by atoms with Crippen LogP contribution in [0.4, 0.5) is 0 Å². The fraction of sp³-hybridized carbons (Fsp3) is 0.318. The topological polar surface area (TPSA) is 60.2 Å². The largest absolute Gasteiger partial charge is 0.474 e. The van der Waals surface area contributed by atoms with Crippen molar-refractivity contribution in [1.82, 2.24) is 19.7 Å². The summed E-state index contributed by atoms with van der Waals surface area (Å²) in [6.45, 7) is 5.23. The fourth-order valence-corrected chi connectivity index (χ4v) is 3.55. The van der Waals surface area contributed by atoms with Gasteiger partial charge in [-0.2, -0.15) is 5.10 Å². The summed E-state index contributed by atoms with van der Waals surface area (Å²) < 4.78 is 7.80. The molecule has 2 aromatic heterocycles. The Labute approximate surface area is 164 Å². The predicted molar refractivity (Wildman–Crippen MR) is 107 cm³/mol. The maximum absolute atomic E-state index is 13.0. The lowest BCUT2D eigenvalue weighted by Gasteiger charge is -2.32. The zero-order valence-electron chi connectivity index (χ0n) is 16.2. The van der Waals surface area contributed by atoms with Crippen molar-refractivity contribution < 1.29 is 9.53 Å². The van der Waals surface area contributed by atoms with Gasteiger partial charge < -0.3 is 9.64 Å². The molecule has 1 aromatic carbocycles. The minimum absolute atomic E-state index is 0.0341. The monoisotopic (exact) mass is 376 g/mol. The first kappa shape index (κ1) is 18.2. The van der Waals surface area contributed by atoms with E-state index in [1.54, 1.807) is 6.20 Å². The number of aromatic nitrogens is 3. The van der Waals surface area contributed by atoms with Crippen LogP contribution in [0.2, 0.25) is 0 Å². The molecule has 28 heavy (non-hydrogen) atoms. The summed E-state index contributed by atoms with van der Waals surface area (Å²) >= 11 is 0. The molecule has 1 amide bonds. The van der Waals surface area contributed by atoms with E-state index in [4.69, 9.17) is 4.74 Å². The molecule has 1 saturated heterocycles. The fourth-order valence-electron chi connectivity index (χ4n) is 3.55. The van der Waals surface area contributed by atoms with Gasteiger partial charge in [-0.25, -0.2) is 9.67 Å². The number of aryl methyl sites for hydroxylation is 1. The summed E-state index contributed by atoms with van der Waals surface area (Å²) in [6, 6.07) is 15.6. The molecule has 1 aliphatic rings. The van der Waals surface area contributed by atoms with E-state index in [1.807, 2.05) is 72.0 Å². The Kier molecular flexibility index (Phi) is 5.10. The number of carbonyl (C=O) groups is 1. The average molecular weight is 376 g/mol. The number of piperidine rings is 1. The van der Waals surface area contributed by atoms with E-state index in [2.05, 4.69) is 10.1 Å². The van der Waals surface area contributed by atoms with Gasteiger partial charge in [0.05, 0.1) is 23.1 Å². The van der Waals surface area contributed by atoms with Crippen LogP contribution >= 0.6 is 0 Å². The summed E-state index contributed by atoms with van der Waals surface area (Å²) in [6.07, 6.45) is 3.36. The molecule has 0 unspecified atom stereocenters. The number of hydrogen-bond donors (Lipinski definition) is 0. The van der Waals surface area contributed by atoms with Crippen LogP contribution in [0.3, 0.4) is 0 Å². The van der Waals surface area contributed by atoms with Crippen LogP contribution in [0.25, 0.3) is 5.69 Å². The lowest BCUT2D eigenvalue weighted by Crippen LogP contribution is -2.42. The summed E-state index contributed by atoms with van der Waals surface area (Å²) in [4.78, 5) is 19.3. The van der Waals surface area contributed by atoms with Crippen LogP contribution in [0, 0.1) is 13.8 Å². The zero-order valence-corrected chi connectivity index (χ0v) is 16.2. The first-order valence-corrected chi connectivity index (χ1v) is 9.61. The maximum atomic E-state index is 13.0. The number of benzene rings is 1. The van der Waals surface area contributed by atoms with Crippen molar-refractivity contribution >= 4 is 5.91 Å². The lowest BCUT2D eigenvalue weighted by molar-refractivity contribution is 0.0587. The lowest BCUT2D eigenvalue weighted by atomic mass is 10.1. The van der Waals surface area contributed by atoms with Gasteiger partial charge >= 0.3 is 0 Å². The maximum Gasteiger partial charge on any atom is 0.257 e. The summed E-state index contributed by atoms with van der Waals surface area (Å²) in [7, 11) is 0. The predicted octanol–water partition coefficient (Wildman–Crippen LogP) is 3.57. The molecule has 0 aliphatic carbocycles. The summed E-state index contributed by atoms with van der Waals surface area (Å²) in [5.41, 5.74) is 3.41. The number of rotatable bonds is 4. The van der Waals surface area contributed by atoms with E-state index >= 15 is 0 Å². The van der Waals surface area contributed by atoms with Crippen molar-refractivity contribution in [2.45, 2.75) is 32.8 Å². The van der Waals surface area contributed by atoms with Gasteiger partial charge in [0.2, 0.25) is 5.88 Å². The van der Waals surface area contributed by atoms with Crippen molar-refractivity contribution in [2.75, 3.05) is 13.1 Å². The van der Waals surface area contributed by atoms with Gasteiger partial charge in [0.25, 0.3) is 5.91 Å². The molecule has 1 fully saturated rings. The molecule has 4 rings (SSSR count). The van der Waals surface area contributed by atoms with Gasteiger partial charge in [-0.3, -0.25) is 4.79 Å². The molecule has 6 heteroatoms. The van der Waals surface area contributed by atoms with Crippen LogP contribution in [0.1, 0.15) is 34.6 Å². The molecule has 0 radical (unpaired) electrons. The van der Waals surface area contributed by atoms with E-state index in [9.17, 15) is 4.79 Å². The molecule has 6 nitrogen and oxygen atoms in total. The molecule has 0 spiro atoms. The number of amides is 1. The molecule has 0 N–H and O–H groups in total. The number of ether oxygens (including phenoxy) is 1. The van der Waals surface area contributed by atoms with Gasteiger partial charge in [-0.1, -0.05) is 24.3 Å². The first-order chi connectivity index (χ1) is 13.6.